The molecule has 0 saturated heterocycles. The van der Waals surface area contributed by atoms with Crippen LogP contribution < -0.4 is 10.7 Å². The predicted octanol–water partition coefficient (Wildman–Crippen LogP) is 2.56. The Kier molecular flexibility index (Phi) is 5.93. The molecule has 0 saturated carbocycles. The molecule has 1 amide bonds. The van der Waals surface area contributed by atoms with Gasteiger partial charge < -0.3 is 9.88 Å². The zero-order chi connectivity index (χ0) is 22.2. The maximum absolute atomic E-state index is 13.0. The summed E-state index contributed by atoms with van der Waals surface area (Å²) in [6.45, 7) is 4.12. The minimum atomic E-state index is -3.78. The lowest BCUT2D eigenvalue weighted by Crippen LogP contribution is -2.30. The molecule has 158 valence electrons. The summed E-state index contributed by atoms with van der Waals surface area (Å²) >= 11 is 5.23. The lowest BCUT2D eigenvalue weighted by molar-refractivity contribution is 0.0742. The van der Waals surface area contributed by atoms with E-state index in [-0.39, 0.29) is 22.4 Å². The summed E-state index contributed by atoms with van der Waals surface area (Å²) < 4.78 is 24.6. The van der Waals surface area contributed by atoms with Crippen LogP contribution in [0.15, 0.2) is 52.2 Å². The molecule has 0 spiro atoms. The number of nitrogens with two attached hydrogens (primary N) is 1. The number of nitrogens with one attached hydrogen (secondary N) is 1. The zero-order valence-corrected chi connectivity index (χ0v) is 18.4. The molecule has 10 heteroatoms. The highest BCUT2D eigenvalue weighted by molar-refractivity contribution is 7.89. The summed E-state index contributed by atoms with van der Waals surface area (Å²) in [5.41, 5.74) is 1.45. The van der Waals surface area contributed by atoms with E-state index >= 15 is 0 Å². The van der Waals surface area contributed by atoms with Gasteiger partial charge in [0.05, 0.1) is 21.8 Å². The third-order valence-electron chi connectivity index (χ3n) is 5.14. The Labute approximate surface area is 179 Å². The van der Waals surface area contributed by atoms with Crippen molar-refractivity contribution in [1.29, 1.82) is 0 Å². The van der Waals surface area contributed by atoms with Crippen molar-refractivity contribution < 1.29 is 13.2 Å². The van der Waals surface area contributed by atoms with Crippen molar-refractivity contribution >= 4 is 39.1 Å². The van der Waals surface area contributed by atoms with Gasteiger partial charge in [0.1, 0.15) is 0 Å². The number of hydrogen-bond acceptors (Lipinski definition) is 5. The average Bonchev–Trinajstić information content (AvgIpc) is 2.71. The van der Waals surface area contributed by atoms with Gasteiger partial charge in [-0.1, -0.05) is 12.1 Å². The van der Waals surface area contributed by atoms with E-state index < -0.39 is 10.0 Å². The number of nitrogens with zero attached hydrogens (tertiary/aromatic N) is 2. The van der Waals surface area contributed by atoms with Gasteiger partial charge in [0.25, 0.3) is 11.5 Å². The van der Waals surface area contributed by atoms with Crippen LogP contribution in [0, 0.1) is 4.77 Å². The summed E-state index contributed by atoms with van der Waals surface area (Å²) in [6, 6.07) is 10.6. The molecule has 0 aliphatic rings. The quantitative estimate of drug-likeness (QED) is 0.584. The molecule has 0 fully saturated rings. The zero-order valence-electron chi connectivity index (χ0n) is 16.7. The highest BCUT2D eigenvalue weighted by Crippen LogP contribution is 2.23. The van der Waals surface area contributed by atoms with Gasteiger partial charge in [-0.25, -0.2) is 13.6 Å². The third kappa shape index (κ3) is 4.07. The van der Waals surface area contributed by atoms with Crippen LogP contribution in [-0.2, 0) is 16.6 Å². The second kappa shape index (κ2) is 8.13. The van der Waals surface area contributed by atoms with Crippen molar-refractivity contribution in [2.75, 3.05) is 7.05 Å². The molecule has 3 N–H and O–H groups in total. The predicted molar refractivity (Wildman–Crippen MR) is 117 cm³/mol. The van der Waals surface area contributed by atoms with Crippen LogP contribution in [0.3, 0.4) is 0 Å². The van der Waals surface area contributed by atoms with Crippen LogP contribution in [-0.4, -0.2) is 35.8 Å². The minimum Gasteiger partial charge on any atom is -0.335 e. The van der Waals surface area contributed by atoms with Gasteiger partial charge in [0.15, 0.2) is 4.77 Å². The van der Waals surface area contributed by atoms with Gasteiger partial charge in [-0.15, -0.1) is 0 Å². The molecule has 8 nitrogen and oxygen atoms in total. The molecule has 0 aliphatic heterocycles. The molecule has 1 unspecified atom stereocenters. The Morgan fingerprint density at radius 1 is 1.23 bits per heavy atom. The molecule has 2 aromatic carbocycles. The highest BCUT2D eigenvalue weighted by Gasteiger charge is 2.20. The van der Waals surface area contributed by atoms with Crippen LogP contribution in [0.5, 0.6) is 0 Å². The Bertz CT molecular complexity index is 1340. The van der Waals surface area contributed by atoms with Crippen molar-refractivity contribution in [2.24, 2.45) is 5.14 Å². The number of sulfonamides is 1. The van der Waals surface area contributed by atoms with E-state index in [0.717, 1.165) is 5.56 Å². The van der Waals surface area contributed by atoms with E-state index in [2.05, 4.69) is 4.98 Å². The van der Waals surface area contributed by atoms with Crippen molar-refractivity contribution in [3.05, 3.63) is 68.7 Å². The number of aromatic nitrogens is 2. The smallest absolute Gasteiger partial charge is 0.262 e. The summed E-state index contributed by atoms with van der Waals surface area (Å²) in [4.78, 5) is 30.1. The van der Waals surface area contributed by atoms with Gasteiger partial charge in [0, 0.05) is 19.2 Å². The number of primary sulfonamides is 1. The van der Waals surface area contributed by atoms with E-state index in [1.54, 1.807) is 37.4 Å². The minimum absolute atomic E-state index is 0.00921. The van der Waals surface area contributed by atoms with Crippen molar-refractivity contribution in [2.45, 2.75) is 31.3 Å². The largest absolute Gasteiger partial charge is 0.335 e. The van der Waals surface area contributed by atoms with Gasteiger partial charge in [-0.05, 0) is 62.0 Å². The Balaban J connectivity index is 1.92. The molecule has 1 aromatic heterocycles. The van der Waals surface area contributed by atoms with E-state index in [1.165, 1.54) is 21.6 Å². The molecule has 1 atom stereocenters. The van der Waals surface area contributed by atoms with Crippen LogP contribution in [0.2, 0.25) is 0 Å². The van der Waals surface area contributed by atoms with Crippen molar-refractivity contribution in [3.63, 3.8) is 0 Å². The van der Waals surface area contributed by atoms with Crippen LogP contribution in [0.1, 0.15) is 35.8 Å². The average molecular weight is 447 g/mol. The maximum atomic E-state index is 13.0. The van der Waals surface area contributed by atoms with Crippen LogP contribution in [0.4, 0.5) is 0 Å². The fraction of sp³-hybridized carbons (Fsp3) is 0.250. The monoisotopic (exact) mass is 446 g/mol. The summed E-state index contributed by atoms with van der Waals surface area (Å²) in [5, 5.41) is 5.58. The molecular formula is C20H22N4O4S2. The Hall–Kier alpha value is -2.82. The first-order valence-corrected chi connectivity index (χ1v) is 11.2. The maximum Gasteiger partial charge on any atom is 0.262 e. The highest BCUT2D eigenvalue weighted by atomic mass is 32.2. The summed E-state index contributed by atoms with van der Waals surface area (Å²) in [6.07, 6.45) is 0. The van der Waals surface area contributed by atoms with Crippen LogP contribution >= 0.6 is 12.2 Å². The molecule has 3 aromatic rings. The number of hydrogen-bond donors (Lipinski definition) is 2. The van der Waals surface area contributed by atoms with E-state index in [0.29, 0.717) is 27.8 Å². The lowest BCUT2D eigenvalue weighted by atomic mass is 10.1. The lowest BCUT2D eigenvalue weighted by Gasteiger charge is -2.25. The number of rotatable bonds is 5. The van der Waals surface area contributed by atoms with E-state index in [9.17, 15) is 18.0 Å². The third-order valence-corrected chi connectivity index (χ3v) is 6.39. The number of amides is 1. The second-order valence-corrected chi connectivity index (χ2v) is 8.89. The van der Waals surface area contributed by atoms with Crippen LogP contribution in [0.25, 0.3) is 10.9 Å². The van der Waals surface area contributed by atoms with Gasteiger partial charge in [0.2, 0.25) is 10.0 Å². The fourth-order valence-electron chi connectivity index (χ4n) is 3.21. The number of carbonyl (C=O) groups excluding carboxylic acids is 1. The Morgan fingerprint density at radius 3 is 2.43 bits per heavy atom. The van der Waals surface area contributed by atoms with Gasteiger partial charge in [-0.2, -0.15) is 0 Å². The number of benzene rings is 2. The van der Waals surface area contributed by atoms with Gasteiger partial charge >= 0.3 is 0 Å². The molecule has 1 heterocycles. The Morgan fingerprint density at radius 2 is 1.87 bits per heavy atom. The second-order valence-electron chi connectivity index (χ2n) is 6.95. The standard InChI is InChI=1S/C20H22N4O4S2/c1-4-24-19(26)16-10-7-14(11-17(16)22-20(24)29)18(25)23(3)12(2)13-5-8-15(9-6-13)30(21,27)28/h5-12H,4H2,1-3H3,(H,22,29)(H2,21,27,28). The topological polar surface area (TPSA) is 118 Å². The number of fused-ring (bicyclic) bond motifs is 1. The SMILES string of the molecule is CCn1c(=S)[nH]c2cc(C(=O)N(C)C(C)c3ccc(S(N)(=O)=O)cc3)ccc2c1=O. The van der Waals surface area contributed by atoms with E-state index in [1.807, 2.05) is 13.8 Å². The summed E-state index contributed by atoms with van der Waals surface area (Å²) in [5.74, 6) is -0.251. The summed E-state index contributed by atoms with van der Waals surface area (Å²) in [7, 11) is -2.12. The molecule has 30 heavy (non-hydrogen) atoms. The number of aromatic amines is 1. The normalized spacial score (nSPS) is 12.7. The molecule has 0 radical (unpaired) electrons. The fourth-order valence-corrected chi connectivity index (χ4v) is 4.05. The van der Waals surface area contributed by atoms with Crippen molar-refractivity contribution in [3.8, 4) is 0 Å². The molecule has 0 bridgehead atoms. The first-order chi connectivity index (χ1) is 14.0. The first-order valence-electron chi connectivity index (χ1n) is 9.21. The number of H-pyrrole nitrogens is 1. The van der Waals surface area contributed by atoms with E-state index in [4.69, 9.17) is 17.4 Å². The van der Waals surface area contributed by atoms with Crippen molar-refractivity contribution in [1.82, 2.24) is 14.5 Å². The first kappa shape index (κ1) is 21.9. The molecule has 0 aliphatic carbocycles. The molecular weight excluding hydrogens is 424 g/mol. The number of carbonyl (C=O) groups is 1. The molecule has 3 rings (SSSR count). The van der Waals surface area contributed by atoms with Gasteiger partial charge in [-0.3, -0.25) is 14.2 Å².